The molecule has 0 fully saturated rings. The van der Waals surface area contributed by atoms with Gasteiger partial charge in [0.15, 0.2) is 5.65 Å². The highest BCUT2D eigenvalue weighted by Gasteiger charge is 2.06. The number of aromatic nitrogens is 5. The van der Waals surface area contributed by atoms with Crippen molar-refractivity contribution in [2.75, 3.05) is 0 Å². The van der Waals surface area contributed by atoms with Crippen LogP contribution in [0.5, 0.6) is 0 Å². The normalized spacial score (nSPS) is 11.0. The molecule has 0 atom stereocenters. The van der Waals surface area contributed by atoms with E-state index in [1.54, 1.807) is 18.6 Å². The number of fused-ring (bicyclic) bond motifs is 1. The van der Waals surface area contributed by atoms with Gasteiger partial charge in [0.05, 0.1) is 24.6 Å². The van der Waals surface area contributed by atoms with Crippen LogP contribution in [-0.4, -0.2) is 24.7 Å². The summed E-state index contributed by atoms with van der Waals surface area (Å²) in [5.74, 6) is 0. The van der Waals surface area contributed by atoms with Crippen molar-refractivity contribution in [3.8, 4) is 11.3 Å². The minimum atomic E-state index is 0.635. The molecule has 0 unspecified atom stereocenters. The highest BCUT2D eigenvalue weighted by Crippen LogP contribution is 2.18. The van der Waals surface area contributed by atoms with Gasteiger partial charge in [-0.2, -0.15) is 5.10 Å². The monoisotopic (exact) mass is 321 g/mol. The van der Waals surface area contributed by atoms with E-state index >= 15 is 0 Å². The number of hydrogen-bond donors (Lipinski definition) is 0. The molecule has 0 amide bonds. The van der Waals surface area contributed by atoms with E-state index in [1.807, 2.05) is 47.3 Å². The molecule has 23 heavy (non-hydrogen) atoms. The van der Waals surface area contributed by atoms with Crippen LogP contribution in [-0.2, 0) is 6.54 Å². The van der Waals surface area contributed by atoms with Crippen LogP contribution in [0.15, 0.2) is 61.2 Å². The fourth-order valence-electron chi connectivity index (χ4n) is 2.35. The van der Waals surface area contributed by atoms with Gasteiger partial charge in [0.25, 0.3) is 0 Å². The van der Waals surface area contributed by atoms with E-state index in [2.05, 4.69) is 20.1 Å². The van der Waals surface area contributed by atoms with Crippen molar-refractivity contribution in [1.29, 1.82) is 0 Å². The van der Waals surface area contributed by atoms with Gasteiger partial charge < -0.3 is 0 Å². The molecule has 3 heterocycles. The number of pyridine rings is 1. The van der Waals surface area contributed by atoms with Crippen LogP contribution in [0.3, 0.4) is 0 Å². The van der Waals surface area contributed by atoms with Crippen LogP contribution in [0.4, 0.5) is 0 Å². The Bertz CT molecular complexity index is 962. The third-order valence-electron chi connectivity index (χ3n) is 3.51. The maximum atomic E-state index is 5.90. The summed E-state index contributed by atoms with van der Waals surface area (Å²) in [4.78, 5) is 13.2. The van der Waals surface area contributed by atoms with E-state index in [0.717, 1.165) is 27.4 Å². The van der Waals surface area contributed by atoms with Crippen LogP contribution in [0.25, 0.3) is 22.4 Å². The molecular weight excluding hydrogens is 310 g/mol. The Hall–Kier alpha value is -2.79. The molecule has 3 aromatic heterocycles. The summed E-state index contributed by atoms with van der Waals surface area (Å²) >= 11 is 5.90. The summed E-state index contributed by atoms with van der Waals surface area (Å²) in [6.45, 7) is 0.677. The Morgan fingerprint density at radius 1 is 1.00 bits per heavy atom. The zero-order valence-corrected chi connectivity index (χ0v) is 12.9. The molecule has 4 rings (SSSR count). The minimum Gasteiger partial charge on any atom is -0.268 e. The Balaban J connectivity index is 1.62. The maximum absolute atomic E-state index is 5.90. The molecule has 0 saturated heterocycles. The topological polar surface area (TPSA) is 56.5 Å². The summed E-state index contributed by atoms with van der Waals surface area (Å²) in [5.41, 5.74) is 4.23. The second-order valence-electron chi connectivity index (χ2n) is 5.15. The summed E-state index contributed by atoms with van der Waals surface area (Å²) < 4.78 is 1.86. The predicted molar refractivity (Wildman–Crippen MR) is 89.1 cm³/mol. The molecule has 0 bridgehead atoms. The van der Waals surface area contributed by atoms with Gasteiger partial charge in [0.2, 0.25) is 0 Å². The Kier molecular flexibility index (Phi) is 3.48. The molecule has 0 spiro atoms. The van der Waals surface area contributed by atoms with Gasteiger partial charge in [0, 0.05) is 23.0 Å². The molecule has 1 aromatic carbocycles. The standard InChI is InChI=1S/C17H12ClN5/c18-14-5-3-12(4-6-14)10-23-11-13(8-21-23)16-9-20-15-2-1-7-19-17(15)22-16/h1-9,11H,10H2. The zero-order valence-electron chi connectivity index (χ0n) is 12.1. The summed E-state index contributed by atoms with van der Waals surface area (Å²) in [5, 5.41) is 5.12. The van der Waals surface area contributed by atoms with Gasteiger partial charge in [0.1, 0.15) is 5.52 Å². The van der Waals surface area contributed by atoms with Gasteiger partial charge >= 0.3 is 0 Å². The van der Waals surface area contributed by atoms with Crippen molar-refractivity contribution in [1.82, 2.24) is 24.7 Å². The number of benzene rings is 1. The average molecular weight is 322 g/mol. The molecule has 4 aromatic rings. The first kappa shape index (κ1) is 13.8. The van der Waals surface area contributed by atoms with E-state index in [0.29, 0.717) is 12.2 Å². The number of halogens is 1. The Morgan fingerprint density at radius 2 is 1.87 bits per heavy atom. The first-order valence-corrected chi connectivity index (χ1v) is 7.51. The van der Waals surface area contributed by atoms with E-state index < -0.39 is 0 Å². The Morgan fingerprint density at radius 3 is 2.74 bits per heavy atom. The first-order chi connectivity index (χ1) is 11.3. The fourth-order valence-corrected chi connectivity index (χ4v) is 2.47. The van der Waals surface area contributed by atoms with Crippen molar-refractivity contribution in [3.63, 3.8) is 0 Å². The van der Waals surface area contributed by atoms with Crippen molar-refractivity contribution in [2.24, 2.45) is 0 Å². The number of nitrogens with zero attached hydrogens (tertiary/aromatic N) is 5. The minimum absolute atomic E-state index is 0.635. The zero-order chi connectivity index (χ0) is 15.6. The second kappa shape index (κ2) is 5.78. The number of rotatable bonds is 3. The van der Waals surface area contributed by atoms with Gasteiger partial charge in [-0.15, -0.1) is 0 Å². The molecule has 112 valence electrons. The van der Waals surface area contributed by atoms with Crippen LogP contribution < -0.4 is 0 Å². The van der Waals surface area contributed by atoms with Crippen LogP contribution in [0.2, 0.25) is 5.02 Å². The molecule has 5 nitrogen and oxygen atoms in total. The highest BCUT2D eigenvalue weighted by molar-refractivity contribution is 6.30. The van der Waals surface area contributed by atoms with Gasteiger partial charge in [-0.1, -0.05) is 23.7 Å². The molecule has 0 saturated carbocycles. The summed E-state index contributed by atoms with van der Waals surface area (Å²) in [7, 11) is 0. The second-order valence-corrected chi connectivity index (χ2v) is 5.59. The molecule has 0 N–H and O–H groups in total. The van der Waals surface area contributed by atoms with Crippen molar-refractivity contribution >= 4 is 22.8 Å². The van der Waals surface area contributed by atoms with E-state index in [1.165, 1.54) is 0 Å². The van der Waals surface area contributed by atoms with Crippen molar-refractivity contribution in [2.45, 2.75) is 6.54 Å². The van der Waals surface area contributed by atoms with E-state index in [-0.39, 0.29) is 0 Å². The van der Waals surface area contributed by atoms with Crippen molar-refractivity contribution in [3.05, 3.63) is 71.8 Å². The predicted octanol–water partition coefficient (Wildman–Crippen LogP) is 3.59. The first-order valence-electron chi connectivity index (χ1n) is 7.13. The fraction of sp³-hybridized carbons (Fsp3) is 0.0588. The Labute approximate surface area is 137 Å². The SMILES string of the molecule is Clc1ccc(Cn2cc(-c3cnc4cccnc4n3)cn2)cc1. The highest BCUT2D eigenvalue weighted by atomic mass is 35.5. The largest absolute Gasteiger partial charge is 0.268 e. The molecule has 0 aliphatic rings. The third-order valence-corrected chi connectivity index (χ3v) is 3.76. The maximum Gasteiger partial charge on any atom is 0.178 e. The third kappa shape index (κ3) is 2.91. The summed E-state index contributed by atoms with van der Waals surface area (Å²) in [6.07, 6.45) is 7.19. The van der Waals surface area contributed by atoms with Gasteiger partial charge in [-0.3, -0.25) is 9.67 Å². The lowest BCUT2D eigenvalue weighted by molar-refractivity contribution is 0.687. The van der Waals surface area contributed by atoms with Gasteiger partial charge in [-0.05, 0) is 29.8 Å². The van der Waals surface area contributed by atoms with E-state index in [4.69, 9.17) is 11.6 Å². The molecule has 0 aliphatic heterocycles. The lowest BCUT2D eigenvalue weighted by Gasteiger charge is -2.02. The molecule has 0 aliphatic carbocycles. The molecular formula is C17H12ClN5. The molecule has 0 radical (unpaired) electrons. The van der Waals surface area contributed by atoms with Crippen LogP contribution in [0.1, 0.15) is 5.56 Å². The summed E-state index contributed by atoms with van der Waals surface area (Å²) in [6, 6.07) is 11.5. The lowest BCUT2D eigenvalue weighted by Crippen LogP contribution is -1.99. The smallest absolute Gasteiger partial charge is 0.178 e. The van der Waals surface area contributed by atoms with Crippen LogP contribution in [0, 0.1) is 0 Å². The average Bonchev–Trinajstić information content (AvgIpc) is 3.05. The van der Waals surface area contributed by atoms with E-state index in [9.17, 15) is 0 Å². The quantitative estimate of drug-likeness (QED) is 0.578. The lowest BCUT2D eigenvalue weighted by atomic mass is 10.2. The van der Waals surface area contributed by atoms with Gasteiger partial charge in [-0.25, -0.2) is 9.97 Å². The number of hydrogen-bond acceptors (Lipinski definition) is 4. The molecule has 6 heteroatoms. The van der Waals surface area contributed by atoms with Crippen LogP contribution >= 0.6 is 11.6 Å². The van der Waals surface area contributed by atoms with Crippen molar-refractivity contribution < 1.29 is 0 Å².